The van der Waals surface area contributed by atoms with Crippen LogP contribution in [0.2, 0.25) is 0 Å². The largest absolute Gasteiger partial charge is 0.355 e. The zero-order chi connectivity index (χ0) is 15.0. The van der Waals surface area contributed by atoms with Crippen molar-refractivity contribution < 1.29 is 14.0 Å². The Bertz CT molecular complexity index is 446. The summed E-state index contributed by atoms with van der Waals surface area (Å²) in [5, 5.41) is 2.67. The molecule has 0 saturated carbocycles. The predicted molar refractivity (Wildman–Crippen MR) is 75.7 cm³/mol. The van der Waals surface area contributed by atoms with Crippen LogP contribution in [0.3, 0.4) is 0 Å². The Morgan fingerprint density at radius 3 is 2.40 bits per heavy atom. The van der Waals surface area contributed by atoms with Gasteiger partial charge in [-0.2, -0.15) is 0 Å². The normalized spacial score (nSPS) is 10.2. The van der Waals surface area contributed by atoms with Gasteiger partial charge in [0.15, 0.2) is 0 Å². The molecule has 0 saturated heterocycles. The highest BCUT2D eigenvalue weighted by Crippen LogP contribution is 2.07. The van der Waals surface area contributed by atoms with Crippen molar-refractivity contribution in [3.05, 3.63) is 35.6 Å². The molecule has 2 amide bonds. The van der Waals surface area contributed by atoms with Gasteiger partial charge in [0.25, 0.3) is 0 Å². The average molecular weight is 280 g/mol. The fourth-order valence-electron chi connectivity index (χ4n) is 1.86. The van der Waals surface area contributed by atoms with E-state index in [4.69, 9.17) is 0 Å². The summed E-state index contributed by atoms with van der Waals surface area (Å²) < 4.78 is 12.8. The van der Waals surface area contributed by atoms with Crippen molar-refractivity contribution in [2.75, 3.05) is 19.6 Å². The van der Waals surface area contributed by atoms with Crippen molar-refractivity contribution in [2.45, 2.75) is 26.7 Å². The van der Waals surface area contributed by atoms with E-state index in [1.165, 1.54) is 17.0 Å². The number of nitrogens with one attached hydrogen (secondary N) is 1. The first kappa shape index (κ1) is 16.1. The average Bonchev–Trinajstić information content (AvgIpc) is 2.44. The molecule has 0 fully saturated rings. The van der Waals surface area contributed by atoms with Crippen molar-refractivity contribution in [3.63, 3.8) is 0 Å². The van der Waals surface area contributed by atoms with E-state index in [9.17, 15) is 14.0 Å². The summed E-state index contributed by atoms with van der Waals surface area (Å²) in [5.74, 6) is -0.501. The van der Waals surface area contributed by atoms with Crippen LogP contribution in [-0.4, -0.2) is 36.3 Å². The van der Waals surface area contributed by atoms with Gasteiger partial charge in [-0.1, -0.05) is 12.1 Å². The minimum Gasteiger partial charge on any atom is -0.355 e. The highest BCUT2D eigenvalue weighted by Gasteiger charge is 2.14. The second-order valence-corrected chi connectivity index (χ2v) is 4.49. The molecule has 4 nitrogen and oxygen atoms in total. The van der Waals surface area contributed by atoms with Crippen LogP contribution in [0.1, 0.15) is 25.8 Å². The highest BCUT2D eigenvalue weighted by molar-refractivity contribution is 5.84. The number of hydrogen-bond donors (Lipinski definition) is 1. The lowest BCUT2D eigenvalue weighted by atomic mass is 10.1. The number of benzene rings is 1. The first-order valence-corrected chi connectivity index (χ1v) is 6.85. The Labute approximate surface area is 119 Å². The van der Waals surface area contributed by atoms with E-state index in [1.54, 1.807) is 12.1 Å². The second-order valence-electron chi connectivity index (χ2n) is 4.49. The molecule has 0 radical (unpaired) electrons. The molecule has 1 N–H and O–H groups in total. The zero-order valence-electron chi connectivity index (χ0n) is 12.0. The van der Waals surface area contributed by atoms with Crippen LogP contribution >= 0.6 is 0 Å². The molecular weight excluding hydrogens is 259 g/mol. The number of carbonyl (C=O) groups is 2. The number of likely N-dealkylation sites (N-methyl/N-ethyl adjacent to an activating group) is 2. The third-order valence-electron chi connectivity index (χ3n) is 2.98. The van der Waals surface area contributed by atoms with Gasteiger partial charge in [0.2, 0.25) is 11.8 Å². The van der Waals surface area contributed by atoms with Crippen LogP contribution in [0.25, 0.3) is 0 Å². The third kappa shape index (κ3) is 5.38. The molecule has 0 heterocycles. The van der Waals surface area contributed by atoms with Gasteiger partial charge in [-0.15, -0.1) is 0 Å². The molecular formula is C15H21FN2O2. The number of aryl methyl sites for hydroxylation is 1. The minimum atomic E-state index is -0.286. The lowest BCUT2D eigenvalue weighted by Gasteiger charge is -2.20. The molecule has 1 rings (SSSR count). The smallest absolute Gasteiger partial charge is 0.239 e. The van der Waals surface area contributed by atoms with Gasteiger partial charge in [-0.05, 0) is 38.0 Å². The number of nitrogens with zero attached hydrogens (tertiary/aromatic N) is 1. The maximum absolute atomic E-state index is 12.8. The van der Waals surface area contributed by atoms with Gasteiger partial charge < -0.3 is 10.2 Å². The van der Waals surface area contributed by atoms with Crippen LogP contribution in [-0.2, 0) is 16.0 Å². The van der Waals surface area contributed by atoms with Gasteiger partial charge in [-0.3, -0.25) is 9.59 Å². The fraction of sp³-hybridized carbons (Fsp3) is 0.467. The van der Waals surface area contributed by atoms with Crippen LogP contribution in [0.4, 0.5) is 4.39 Å². The van der Waals surface area contributed by atoms with Gasteiger partial charge in [-0.25, -0.2) is 4.39 Å². The van der Waals surface area contributed by atoms with Gasteiger partial charge in [0.1, 0.15) is 5.82 Å². The van der Waals surface area contributed by atoms with Crippen LogP contribution in [0.15, 0.2) is 24.3 Å². The molecule has 0 spiro atoms. The fourth-order valence-corrected chi connectivity index (χ4v) is 1.86. The highest BCUT2D eigenvalue weighted by atomic mass is 19.1. The Kier molecular flexibility index (Phi) is 6.70. The molecule has 0 aliphatic carbocycles. The molecule has 0 aliphatic heterocycles. The van der Waals surface area contributed by atoms with Crippen molar-refractivity contribution in [1.82, 2.24) is 10.2 Å². The first-order valence-electron chi connectivity index (χ1n) is 6.85. The number of amides is 2. The summed E-state index contributed by atoms with van der Waals surface area (Å²) in [4.78, 5) is 25.0. The standard InChI is InChI=1S/C15H21FN2O2/c1-3-17-14(19)11-18(4-2)15(20)10-7-12-5-8-13(16)9-6-12/h5-6,8-9H,3-4,7,10-11H2,1-2H3,(H,17,19). The summed E-state index contributed by atoms with van der Waals surface area (Å²) in [7, 11) is 0. The molecule has 0 aromatic heterocycles. The second kappa shape index (κ2) is 8.30. The molecule has 0 bridgehead atoms. The molecule has 0 unspecified atom stereocenters. The monoisotopic (exact) mass is 280 g/mol. The quantitative estimate of drug-likeness (QED) is 0.827. The summed E-state index contributed by atoms with van der Waals surface area (Å²) in [6.07, 6.45) is 0.865. The van der Waals surface area contributed by atoms with Crippen molar-refractivity contribution in [2.24, 2.45) is 0 Å². The SMILES string of the molecule is CCNC(=O)CN(CC)C(=O)CCc1ccc(F)cc1. The van der Waals surface area contributed by atoms with Crippen molar-refractivity contribution in [3.8, 4) is 0 Å². The Hall–Kier alpha value is -1.91. The Morgan fingerprint density at radius 2 is 1.85 bits per heavy atom. The maximum atomic E-state index is 12.8. The van der Waals surface area contributed by atoms with E-state index < -0.39 is 0 Å². The summed E-state index contributed by atoms with van der Waals surface area (Å²) >= 11 is 0. The molecule has 1 aromatic carbocycles. The number of carbonyl (C=O) groups excluding carboxylic acids is 2. The lowest BCUT2D eigenvalue weighted by Crippen LogP contribution is -2.40. The van der Waals surface area contributed by atoms with Gasteiger partial charge >= 0.3 is 0 Å². The molecule has 1 aromatic rings. The Morgan fingerprint density at radius 1 is 1.20 bits per heavy atom. The lowest BCUT2D eigenvalue weighted by molar-refractivity contribution is -0.135. The summed E-state index contributed by atoms with van der Waals surface area (Å²) in [5.41, 5.74) is 0.911. The molecule has 5 heteroatoms. The topological polar surface area (TPSA) is 49.4 Å². The summed E-state index contributed by atoms with van der Waals surface area (Å²) in [6.45, 7) is 4.83. The minimum absolute atomic E-state index is 0.0666. The van der Waals surface area contributed by atoms with Crippen LogP contribution in [0.5, 0.6) is 0 Å². The zero-order valence-corrected chi connectivity index (χ0v) is 12.0. The predicted octanol–water partition coefficient (Wildman–Crippen LogP) is 1.74. The maximum Gasteiger partial charge on any atom is 0.239 e. The van der Waals surface area contributed by atoms with Crippen LogP contribution < -0.4 is 5.32 Å². The third-order valence-corrected chi connectivity index (χ3v) is 2.98. The molecule has 0 aliphatic rings. The van der Waals surface area contributed by atoms with E-state index in [1.807, 2.05) is 13.8 Å². The number of rotatable bonds is 7. The van der Waals surface area contributed by atoms with Crippen molar-refractivity contribution >= 4 is 11.8 Å². The molecule has 110 valence electrons. The Balaban J connectivity index is 2.46. The van der Waals surface area contributed by atoms with E-state index in [2.05, 4.69) is 5.32 Å². The van der Waals surface area contributed by atoms with Gasteiger partial charge in [0, 0.05) is 19.5 Å². The van der Waals surface area contributed by atoms with Crippen molar-refractivity contribution in [1.29, 1.82) is 0 Å². The first-order chi connectivity index (χ1) is 9.56. The molecule has 0 atom stereocenters. The summed E-state index contributed by atoms with van der Waals surface area (Å²) in [6, 6.07) is 6.10. The van der Waals surface area contributed by atoms with E-state index in [-0.39, 0.29) is 24.2 Å². The molecule has 20 heavy (non-hydrogen) atoms. The van der Waals surface area contributed by atoms with E-state index in [0.29, 0.717) is 25.9 Å². The van der Waals surface area contributed by atoms with E-state index >= 15 is 0 Å². The van der Waals surface area contributed by atoms with Crippen LogP contribution in [0, 0.1) is 5.82 Å². The van der Waals surface area contributed by atoms with Gasteiger partial charge in [0.05, 0.1) is 6.54 Å². The number of hydrogen-bond acceptors (Lipinski definition) is 2. The van der Waals surface area contributed by atoms with E-state index in [0.717, 1.165) is 5.56 Å². The number of halogens is 1.